The minimum Gasteiger partial charge on any atom is -0.497 e. The number of amides is 1. The number of ether oxygens (including phenoxy) is 1. The van der Waals surface area contributed by atoms with Gasteiger partial charge in [-0.15, -0.1) is 0 Å². The van der Waals surface area contributed by atoms with E-state index in [0.717, 1.165) is 18.7 Å². The topological polar surface area (TPSA) is 41.6 Å². The van der Waals surface area contributed by atoms with E-state index in [1.165, 1.54) is 5.56 Å². The van der Waals surface area contributed by atoms with E-state index < -0.39 is 0 Å². The van der Waals surface area contributed by atoms with Crippen LogP contribution in [0.3, 0.4) is 0 Å². The zero-order valence-electron chi connectivity index (χ0n) is 11.1. The molecule has 1 aliphatic heterocycles. The average Bonchev–Trinajstić information content (AvgIpc) is 2.40. The summed E-state index contributed by atoms with van der Waals surface area (Å²) < 4.78 is 5.13. The number of methoxy groups -OCH3 is 1. The van der Waals surface area contributed by atoms with Crippen molar-refractivity contribution in [2.75, 3.05) is 20.7 Å². The second kappa shape index (κ2) is 5.40. The van der Waals surface area contributed by atoms with Crippen LogP contribution in [0.25, 0.3) is 0 Å². The maximum Gasteiger partial charge on any atom is 0.239 e. The van der Waals surface area contributed by atoms with Crippen molar-refractivity contribution in [3.8, 4) is 5.75 Å². The van der Waals surface area contributed by atoms with Crippen LogP contribution in [0.5, 0.6) is 5.75 Å². The smallest absolute Gasteiger partial charge is 0.239 e. The standard InChI is InChI=1S/C14H20N2O2/c1-10-14(17)16(2)12(9-15-10)8-11-4-6-13(18-3)7-5-11/h4-7,10,12,15H,8-9H2,1-3H3/t10-,12-/m0/s1. The van der Waals surface area contributed by atoms with Gasteiger partial charge in [0.2, 0.25) is 5.91 Å². The van der Waals surface area contributed by atoms with Crippen LogP contribution < -0.4 is 10.1 Å². The number of benzene rings is 1. The predicted molar refractivity (Wildman–Crippen MR) is 70.7 cm³/mol. The highest BCUT2D eigenvalue weighted by Crippen LogP contribution is 2.16. The van der Waals surface area contributed by atoms with Gasteiger partial charge in [0.05, 0.1) is 13.2 Å². The van der Waals surface area contributed by atoms with Crippen LogP contribution in [0.1, 0.15) is 12.5 Å². The Morgan fingerprint density at radius 3 is 2.67 bits per heavy atom. The highest BCUT2D eigenvalue weighted by molar-refractivity contribution is 5.82. The van der Waals surface area contributed by atoms with E-state index in [4.69, 9.17) is 4.74 Å². The zero-order chi connectivity index (χ0) is 13.1. The summed E-state index contributed by atoms with van der Waals surface area (Å²) in [7, 11) is 3.54. The second-order valence-corrected chi connectivity index (χ2v) is 4.79. The van der Waals surface area contributed by atoms with E-state index in [1.807, 2.05) is 31.0 Å². The maximum atomic E-state index is 11.9. The number of rotatable bonds is 3. The van der Waals surface area contributed by atoms with E-state index in [2.05, 4.69) is 17.4 Å². The highest BCUT2D eigenvalue weighted by Gasteiger charge is 2.29. The number of nitrogens with one attached hydrogen (secondary N) is 1. The fraction of sp³-hybridized carbons (Fsp3) is 0.500. The molecule has 0 bridgehead atoms. The van der Waals surface area contributed by atoms with Crippen LogP contribution in [-0.4, -0.2) is 43.6 Å². The summed E-state index contributed by atoms with van der Waals surface area (Å²) in [6.07, 6.45) is 0.867. The first-order valence-electron chi connectivity index (χ1n) is 6.25. The number of piperazine rings is 1. The third-order valence-electron chi connectivity index (χ3n) is 3.56. The first-order valence-corrected chi connectivity index (χ1v) is 6.25. The molecule has 1 fully saturated rings. The average molecular weight is 248 g/mol. The summed E-state index contributed by atoms with van der Waals surface area (Å²) >= 11 is 0. The number of nitrogens with zero attached hydrogens (tertiary/aromatic N) is 1. The van der Waals surface area contributed by atoms with Crippen molar-refractivity contribution in [2.45, 2.75) is 25.4 Å². The van der Waals surface area contributed by atoms with Gasteiger partial charge in [-0.3, -0.25) is 4.79 Å². The number of carbonyl (C=O) groups excluding carboxylic acids is 1. The molecule has 18 heavy (non-hydrogen) atoms. The molecule has 0 aliphatic carbocycles. The van der Waals surface area contributed by atoms with E-state index in [9.17, 15) is 4.79 Å². The monoisotopic (exact) mass is 248 g/mol. The van der Waals surface area contributed by atoms with Crippen LogP contribution >= 0.6 is 0 Å². The molecule has 1 saturated heterocycles. The lowest BCUT2D eigenvalue weighted by atomic mass is 10.0. The molecular weight excluding hydrogens is 228 g/mol. The normalized spacial score (nSPS) is 24.2. The fourth-order valence-corrected chi connectivity index (χ4v) is 2.27. The van der Waals surface area contributed by atoms with Gasteiger partial charge in [0.25, 0.3) is 0 Å². The molecule has 0 unspecified atom stereocenters. The Labute approximate surface area is 108 Å². The molecule has 0 saturated carbocycles. The van der Waals surface area contributed by atoms with Gasteiger partial charge in [-0.2, -0.15) is 0 Å². The lowest BCUT2D eigenvalue weighted by molar-refractivity contribution is -0.136. The fourth-order valence-electron chi connectivity index (χ4n) is 2.27. The minimum absolute atomic E-state index is 0.0675. The van der Waals surface area contributed by atoms with Gasteiger partial charge in [-0.1, -0.05) is 12.1 Å². The molecule has 0 spiro atoms. The molecule has 1 aromatic rings. The van der Waals surface area contributed by atoms with Crippen molar-refractivity contribution in [1.82, 2.24) is 10.2 Å². The molecule has 0 radical (unpaired) electrons. The summed E-state index contributed by atoms with van der Waals surface area (Å²) in [5, 5.41) is 3.24. The van der Waals surface area contributed by atoms with E-state index in [-0.39, 0.29) is 18.0 Å². The third kappa shape index (κ3) is 2.64. The van der Waals surface area contributed by atoms with Gasteiger partial charge in [-0.05, 0) is 31.0 Å². The lowest BCUT2D eigenvalue weighted by Gasteiger charge is -2.36. The van der Waals surface area contributed by atoms with Gasteiger partial charge in [0.1, 0.15) is 5.75 Å². The second-order valence-electron chi connectivity index (χ2n) is 4.79. The summed E-state index contributed by atoms with van der Waals surface area (Å²) in [4.78, 5) is 13.7. The summed E-state index contributed by atoms with van der Waals surface area (Å²) in [6.45, 7) is 2.75. The Balaban J connectivity index is 2.02. The molecule has 98 valence electrons. The van der Waals surface area contributed by atoms with Crippen LogP contribution in [0, 0.1) is 0 Å². The Morgan fingerprint density at radius 1 is 1.39 bits per heavy atom. The van der Waals surface area contributed by atoms with Crippen molar-refractivity contribution in [3.63, 3.8) is 0 Å². The molecule has 1 N–H and O–H groups in total. The van der Waals surface area contributed by atoms with Gasteiger partial charge >= 0.3 is 0 Å². The van der Waals surface area contributed by atoms with Crippen molar-refractivity contribution in [3.05, 3.63) is 29.8 Å². The molecule has 4 heteroatoms. The third-order valence-corrected chi connectivity index (χ3v) is 3.56. The van der Waals surface area contributed by atoms with E-state index in [0.29, 0.717) is 0 Å². The van der Waals surface area contributed by atoms with Crippen molar-refractivity contribution in [2.24, 2.45) is 0 Å². The SMILES string of the molecule is COc1ccc(C[C@H]2CN[C@@H](C)C(=O)N2C)cc1. The highest BCUT2D eigenvalue weighted by atomic mass is 16.5. The Bertz CT molecular complexity index is 416. The van der Waals surface area contributed by atoms with Crippen LogP contribution in [0.15, 0.2) is 24.3 Å². The Hall–Kier alpha value is -1.55. The van der Waals surface area contributed by atoms with Crippen LogP contribution in [0.2, 0.25) is 0 Å². The Kier molecular flexibility index (Phi) is 3.87. The molecule has 1 aromatic carbocycles. The first-order chi connectivity index (χ1) is 8.61. The summed E-state index contributed by atoms with van der Waals surface area (Å²) in [5.74, 6) is 1.03. The molecule has 1 amide bonds. The molecular formula is C14H20N2O2. The predicted octanol–water partition coefficient (Wildman–Crippen LogP) is 1.06. The van der Waals surface area contributed by atoms with E-state index in [1.54, 1.807) is 7.11 Å². The van der Waals surface area contributed by atoms with E-state index >= 15 is 0 Å². The minimum atomic E-state index is -0.0675. The molecule has 1 heterocycles. The first kappa shape index (κ1) is 12.9. The number of carbonyl (C=O) groups is 1. The largest absolute Gasteiger partial charge is 0.497 e. The van der Waals surface area contributed by atoms with Gasteiger partial charge < -0.3 is 15.0 Å². The van der Waals surface area contributed by atoms with Gasteiger partial charge in [0.15, 0.2) is 0 Å². The van der Waals surface area contributed by atoms with Crippen LogP contribution in [-0.2, 0) is 11.2 Å². The van der Waals surface area contributed by atoms with Crippen molar-refractivity contribution >= 4 is 5.91 Å². The summed E-state index contributed by atoms with van der Waals surface area (Å²) in [6, 6.07) is 8.17. The number of likely N-dealkylation sites (N-methyl/N-ethyl adjacent to an activating group) is 1. The Morgan fingerprint density at radius 2 is 2.06 bits per heavy atom. The maximum absolute atomic E-state index is 11.9. The van der Waals surface area contributed by atoms with Crippen molar-refractivity contribution in [1.29, 1.82) is 0 Å². The van der Waals surface area contributed by atoms with Gasteiger partial charge in [-0.25, -0.2) is 0 Å². The lowest BCUT2D eigenvalue weighted by Crippen LogP contribution is -2.58. The number of hydrogen-bond acceptors (Lipinski definition) is 3. The van der Waals surface area contributed by atoms with Crippen LogP contribution in [0.4, 0.5) is 0 Å². The molecule has 4 nitrogen and oxygen atoms in total. The van der Waals surface area contributed by atoms with Gasteiger partial charge in [0, 0.05) is 19.6 Å². The summed E-state index contributed by atoms with van der Waals surface area (Å²) in [5.41, 5.74) is 1.22. The molecule has 1 aliphatic rings. The van der Waals surface area contributed by atoms with Crippen molar-refractivity contribution < 1.29 is 9.53 Å². The molecule has 2 atom stereocenters. The quantitative estimate of drug-likeness (QED) is 0.869. The molecule has 2 rings (SSSR count). The molecule has 0 aromatic heterocycles. The zero-order valence-corrected chi connectivity index (χ0v) is 11.1. The number of hydrogen-bond donors (Lipinski definition) is 1.